The van der Waals surface area contributed by atoms with Crippen LogP contribution in [0.4, 0.5) is 0 Å². The Hall–Kier alpha value is -0.860. The minimum atomic E-state index is 0.731. The van der Waals surface area contributed by atoms with Crippen LogP contribution in [0.2, 0.25) is 0 Å². The molecule has 1 aliphatic rings. The molecule has 1 aromatic rings. The van der Waals surface area contributed by atoms with Crippen LogP contribution < -0.4 is 5.73 Å². The van der Waals surface area contributed by atoms with Crippen molar-refractivity contribution < 1.29 is 4.74 Å². The summed E-state index contributed by atoms with van der Waals surface area (Å²) in [4.78, 5) is 0. The van der Waals surface area contributed by atoms with E-state index < -0.39 is 0 Å². The predicted molar refractivity (Wildman–Crippen MR) is 66.1 cm³/mol. The van der Waals surface area contributed by atoms with Gasteiger partial charge in [-0.05, 0) is 48.4 Å². The molecule has 0 aromatic heterocycles. The first-order valence-electron chi connectivity index (χ1n) is 6.18. The van der Waals surface area contributed by atoms with Gasteiger partial charge < -0.3 is 10.5 Å². The molecule has 0 radical (unpaired) electrons. The number of fused-ring (bicyclic) bond motifs is 1. The Morgan fingerprint density at radius 3 is 2.88 bits per heavy atom. The maximum absolute atomic E-state index is 5.56. The fraction of sp³-hybridized carbons (Fsp3) is 0.571. The van der Waals surface area contributed by atoms with Crippen LogP contribution in [0.3, 0.4) is 0 Å². The van der Waals surface area contributed by atoms with Crippen molar-refractivity contribution in [3.05, 3.63) is 34.9 Å². The third-order valence-electron chi connectivity index (χ3n) is 3.37. The van der Waals surface area contributed by atoms with Crippen LogP contribution in [0, 0.1) is 5.92 Å². The van der Waals surface area contributed by atoms with Gasteiger partial charge in [0.05, 0.1) is 13.2 Å². The molecule has 88 valence electrons. The third-order valence-corrected chi connectivity index (χ3v) is 3.37. The molecular weight excluding hydrogens is 198 g/mol. The first-order chi connectivity index (χ1) is 7.79. The SMILES string of the molecule is CC(CCN)CCc1ccc2c(c1)COC2. The molecule has 0 saturated carbocycles. The van der Waals surface area contributed by atoms with E-state index in [2.05, 4.69) is 25.1 Å². The zero-order valence-electron chi connectivity index (χ0n) is 10.0. The quantitative estimate of drug-likeness (QED) is 0.826. The summed E-state index contributed by atoms with van der Waals surface area (Å²) in [5, 5.41) is 0. The average molecular weight is 219 g/mol. The molecule has 0 bridgehead atoms. The molecule has 2 N–H and O–H groups in total. The number of ether oxygens (including phenoxy) is 1. The Morgan fingerprint density at radius 2 is 2.06 bits per heavy atom. The van der Waals surface area contributed by atoms with E-state index in [-0.39, 0.29) is 0 Å². The zero-order valence-corrected chi connectivity index (χ0v) is 10.0. The summed E-state index contributed by atoms with van der Waals surface area (Å²) in [6.07, 6.45) is 3.53. The number of hydrogen-bond donors (Lipinski definition) is 1. The molecule has 0 amide bonds. The van der Waals surface area contributed by atoms with E-state index in [1.165, 1.54) is 23.1 Å². The van der Waals surface area contributed by atoms with Gasteiger partial charge in [-0.1, -0.05) is 25.1 Å². The number of nitrogens with two attached hydrogens (primary N) is 1. The summed E-state index contributed by atoms with van der Waals surface area (Å²) in [5.74, 6) is 0.731. The standard InChI is InChI=1S/C14H21NO/c1-11(6-7-15)2-3-12-4-5-13-9-16-10-14(13)8-12/h4-5,8,11H,2-3,6-7,9-10,15H2,1H3. The van der Waals surface area contributed by atoms with Gasteiger partial charge >= 0.3 is 0 Å². The monoisotopic (exact) mass is 219 g/mol. The average Bonchev–Trinajstić information content (AvgIpc) is 2.74. The maximum Gasteiger partial charge on any atom is 0.0725 e. The van der Waals surface area contributed by atoms with Gasteiger partial charge in [-0.15, -0.1) is 0 Å². The highest BCUT2D eigenvalue weighted by Crippen LogP contribution is 2.22. The van der Waals surface area contributed by atoms with Crippen molar-refractivity contribution in [3.8, 4) is 0 Å². The Labute approximate surface area is 97.8 Å². The van der Waals surface area contributed by atoms with Gasteiger partial charge in [0.15, 0.2) is 0 Å². The van der Waals surface area contributed by atoms with Crippen LogP contribution in [-0.4, -0.2) is 6.54 Å². The van der Waals surface area contributed by atoms with Crippen LogP contribution in [0.25, 0.3) is 0 Å². The lowest BCUT2D eigenvalue weighted by Crippen LogP contribution is -2.06. The number of benzene rings is 1. The fourth-order valence-electron chi connectivity index (χ4n) is 2.22. The lowest BCUT2D eigenvalue weighted by molar-refractivity contribution is 0.134. The van der Waals surface area contributed by atoms with Crippen LogP contribution >= 0.6 is 0 Å². The molecule has 1 heterocycles. The third kappa shape index (κ3) is 2.83. The molecule has 2 nitrogen and oxygen atoms in total. The number of rotatable bonds is 5. The zero-order chi connectivity index (χ0) is 11.4. The minimum Gasteiger partial charge on any atom is -0.372 e. The first-order valence-corrected chi connectivity index (χ1v) is 6.18. The second-order valence-electron chi connectivity index (χ2n) is 4.82. The van der Waals surface area contributed by atoms with Crippen LogP contribution in [-0.2, 0) is 24.4 Å². The van der Waals surface area contributed by atoms with E-state index in [1.807, 2.05) is 0 Å². The molecule has 2 rings (SSSR count). The number of aryl methyl sites for hydroxylation is 1. The van der Waals surface area contributed by atoms with E-state index >= 15 is 0 Å². The molecule has 1 atom stereocenters. The van der Waals surface area contributed by atoms with E-state index in [0.29, 0.717) is 0 Å². The van der Waals surface area contributed by atoms with Crippen LogP contribution in [0.15, 0.2) is 18.2 Å². The predicted octanol–water partition coefficient (Wildman–Crippen LogP) is 2.63. The van der Waals surface area contributed by atoms with Gasteiger partial charge in [0.25, 0.3) is 0 Å². The number of hydrogen-bond acceptors (Lipinski definition) is 2. The molecule has 0 spiro atoms. The van der Waals surface area contributed by atoms with E-state index in [0.717, 1.165) is 38.5 Å². The summed E-state index contributed by atoms with van der Waals surface area (Å²) in [7, 11) is 0. The largest absolute Gasteiger partial charge is 0.372 e. The topological polar surface area (TPSA) is 35.2 Å². The van der Waals surface area contributed by atoms with Crippen molar-refractivity contribution in [3.63, 3.8) is 0 Å². The molecule has 0 saturated heterocycles. The van der Waals surface area contributed by atoms with Crippen LogP contribution in [0.1, 0.15) is 36.5 Å². The Kier molecular flexibility index (Phi) is 3.97. The van der Waals surface area contributed by atoms with Gasteiger partial charge in [-0.3, -0.25) is 0 Å². The smallest absolute Gasteiger partial charge is 0.0725 e. The van der Waals surface area contributed by atoms with E-state index in [4.69, 9.17) is 10.5 Å². The molecule has 0 aliphatic carbocycles. The van der Waals surface area contributed by atoms with Gasteiger partial charge in [0.2, 0.25) is 0 Å². The second kappa shape index (κ2) is 5.46. The molecule has 1 unspecified atom stereocenters. The highest BCUT2D eigenvalue weighted by molar-refractivity contribution is 5.33. The molecule has 0 fully saturated rings. The molecular formula is C14H21NO. The Bertz CT molecular complexity index is 349. The van der Waals surface area contributed by atoms with Crippen molar-refractivity contribution in [1.29, 1.82) is 0 Å². The first kappa shape index (κ1) is 11.6. The fourth-order valence-corrected chi connectivity index (χ4v) is 2.22. The van der Waals surface area contributed by atoms with Crippen molar-refractivity contribution in [2.24, 2.45) is 11.7 Å². The second-order valence-corrected chi connectivity index (χ2v) is 4.82. The highest BCUT2D eigenvalue weighted by Gasteiger charge is 2.11. The minimum absolute atomic E-state index is 0.731. The Morgan fingerprint density at radius 1 is 1.25 bits per heavy atom. The van der Waals surface area contributed by atoms with Gasteiger partial charge in [0.1, 0.15) is 0 Å². The van der Waals surface area contributed by atoms with Gasteiger partial charge in [0, 0.05) is 0 Å². The lowest BCUT2D eigenvalue weighted by atomic mass is 9.96. The summed E-state index contributed by atoms with van der Waals surface area (Å²) in [6, 6.07) is 6.76. The summed E-state index contributed by atoms with van der Waals surface area (Å²) < 4.78 is 5.42. The molecule has 16 heavy (non-hydrogen) atoms. The van der Waals surface area contributed by atoms with Gasteiger partial charge in [-0.25, -0.2) is 0 Å². The van der Waals surface area contributed by atoms with Crippen molar-refractivity contribution in [2.75, 3.05) is 6.54 Å². The van der Waals surface area contributed by atoms with Crippen molar-refractivity contribution >= 4 is 0 Å². The Balaban J connectivity index is 1.90. The van der Waals surface area contributed by atoms with Gasteiger partial charge in [-0.2, -0.15) is 0 Å². The van der Waals surface area contributed by atoms with Crippen LogP contribution in [0.5, 0.6) is 0 Å². The maximum atomic E-state index is 5.56. The molecule has 1 aliphatic heterocycles. The summed E-state index contributed by atoms with van der Waals surface area (Å²) in [5.41, 5.74) is 9.73. The highest BCUT2D eigenvalue weighted by atomic mass is 16.5. The summed E-state index contributed by atoms with van der Waals surface area (Å²) >= 11 is 0. The summed E-state index contributed by atoms with van der Waals surface area (Å²) in [6.45, 7) is 4.67. The normalized spacial score (nSPS) is 16.1. The van der Waals surface area contributed by atoms with Crippen molar-refractivity contribution in [1.82, 2.24) is 0 Å². The lowest BCUT2D eigenvalue weighted by Gasteiger charge is -2.10. The molecule has 1 aromatic carbocycles. The van der Waals surface area contributed by atoms with Crippen molar-refractivity contribution in [2.45, 2.75) is 39.4 Å². The van der Waals surface area contributed by atoms with E-state index in [9.17, 15) is 0 Å². The van der Waals surface area contributed by atoms with E-state index in [1.54, 1.807) is 0 Å². The molecule has 2 heteroatoms.